The molecule has 5 rings (SSSR count). The maximum atomic E-state index is 11.9. The Morgan fingerprint density at radius 3 is 1.70 bits per heavy atom. The standard InChI is InChI=1S/C25H21N3O2/c1-15-17-9-3-6-12-20(17)26-24(15)23(19-11-5-8-14-22(19)28(29)30)25-16(2)18-10-4-7-13-21(18)27-25/h3-14,23,26-27H,1-2H3. The zero-order valence-corrected chi connectivity index (χ0v) is 16.8. The molecular weight excluding hydrogens is 374 g/mol. The molecule has 0 aliphatic carbocycles. The Hall–Kier alpha value is -3.86. The van der Waals surface area contributed by atoms with Crippen molar-refractivity contribution in [2.24, 2.45) is 0 Å². The van der Waals surface area contributed by atoms with Crippen molar-refractivity contribution in [2.75, 3.05) is 0 Å². The zero-order valence-electron chi connectivity index (χ0n) is 16.8. The number of nitrogens with zero attached hydrogens (tertiary/aromatic N) is 1. The molecule has 5 nitrogen and oxygen atoms in total. The number of nitro groups is 1. The molecule has 0 unspecified atom stereocenters. The van der Waals surface area contributed by atoms with Gasteiger partial charge in [0.25, 0.3) is 5.69 Å². The second-order valence-electron chi connectivity index (χ2n) is 7.67. The van der Waals surface area contributed by atoms with E-state index in [9.17, 15) is 10.1 Å². The Morgan fingerprint density at radius 1 is 0.733 bits per heavy atom. The molecule has 0 saturated heterocycles. The highest BCUT2D eigenvalue weighted by atomic mass is 16.6. The molecule has 0 atom stereocenters. The summed E-state index contributed by atoms with van der Waals surface area (Å²) >= 11 is 0. The largest absolute Gasteiger partial charge is 0.357 e. The summed E-state index contributed by atoms with van der Waals surface area (Å²) in [6.45, 7) is 4.15. The number of hydrogen-bond acceptors (Lipinski definition) is 2. The molecule has 0 bridgehead atoms. The third-order valence-corrected chi connectivity index (χ3v) is 6.03. The average Bonchev–Trinajstić information content (AvgIpc) is 3.27. The highest BCUT2D eigenvalue weighted by molar-refractivity contribution is 5.87. The van der Waals surface area contributed by atoms with Gasteiger partial charge in [-0.2, -0.15) is 0 Å². The minimum absolute atomic E-state index is 0.124. The fourth-order valence-corrected chi connectivity index (χ4v) is 4.54. The molecule has 0 spiro atoms. The smallest absolute Gasteiger partial charge is 0.273 e. The van der Waals surface area contributed by atoms with Crippen molar-refractivity contribution >= 4 is 27.5 Å². The SMILES string of the molecule is Cc1c(C(c2ccccc2[N+](=O)[O-])c2[nH]c3ccccc3c2C)[nH]c2ccccc12. The van der Waals surface area contributed by atoms with Gasteiger partial charge in [0.05, 0.1) is 10.8 Å². The first-order chi connectivity index (χ1) is 14.6. The highest BCUT2D eigenvalue weighted by Gasteiger charge is 2.30. The van der Waals surface area contributed by atoms with Crippen molar-refractivity contribution in [1.29, 1.82) is 0 Å². The molecule has 0 radical (unpaired) electrons. The van der Waals surface area contributed by atoms with Crippen LogP contribution in [0.1, 0.15) is 34.0 Å². The first-order valence-corrected chi connectivity index (χ1v) is 9.94. The number of para-hydroxylation sites is 3. The van der Waals surface area contributed by atoms with Crippen molar-refractivity contribution < 1.29 is 4.92 Å². The summed E-state index contributed by atoms with van der Waals surface area (Å²) in [5.41, 5.74) is 7.01. The lowest BCUT2D eigenvalue weighted by Gasteiger charge is -2.18. The molecule has 5 heteroatoms. The third-order valence-electron chi connectivity index (χ3n) is 6.03. The van der Waals surface area contributed by atoms with E-state index >= 15 is 0 Å². The van der Waals surface area contributed by atoms with E-state index in [1.807, 2.05) is 48.5 Å². The molecule has 2 aromatic heterocycles. The van der Waals surface area contributed by atoms with E-state index in [1.54, 1.807) is 12.1 Å². The molecule has 5 aromatic rings. The first kappa shape index (κ1) is 18.2. The summed E-state index contributed by atoms with van der Waals surface area (Å²) in [4.78, 5) is 18.7. The van der Waals surface area contributed by atoms with E-state index in [1.165, 1.54) is 0 Å². The van der Waals surface area contributed by atoms with E-state index in [0.717, 1.165) is 44.3 Å². The second-order valence-corrected chi connectivity index (χ2v) is 7.67. The third kappa shape index (κ3) is 2.70. The van der Waals surface area contributed by atoms with Crippen LogP contribution in [0.4, 0.5) is 5.69 Å². The van der Waals surface area contributed by atoms with Gasteiger partial charge >= 0.3 is 0 Å². The molecule has 30 heavy (non-hydrogen) atoms. The van der Waals surface area contributed by atoms with E-state index in [-0.39, 0.29) is 16.5 Å². The number of aromatic nitrogens is 2. The van der Waals surface area contributed by atoms with Crippen LogP contribution in [0.25, 0.3) is 21.8 Å². The van der Waals surface area contributed by atoms with Gasteiger partial charge in [-0.1, -0.05) is 54.6 Å². The number of nitro benzene ring substituents is 1. The van der Waals surface area contributed by atoms with Crippen molar-refractivity contribution in [3.63, 3.8) is 0 Å². The summed E-state index contributed by atoms with van der Waals surface area (Å²) in [7, 11) is 0. The van der Waals surface area contributed by atoms with Crippen molar-refractivity contribution in [1.82, 2.24) is 9.97 Å². The number of fused-ring (bicyclic) bond motifs is 2. The number of benzene rings is 3. The highest BCUT2D eigenvalue weighted by Crippen LogP contribution is 2.42. The molecule has 0 amide bonds. The quantitative estimate of drug-likeness (QED) is 0.275. The molecule has 0 aliphatic heterocycles. The monoisotopic (exact) mass is 395 g/mol. The summed E-state index contributed by atoms with van der Waals surface area (Å²) in [5, 5.41) is 14.1. The van der Waals surface area contributed by atoms with Gasteiger partial charge in [0.15, 0.2) is 0 Å². The topological polar surface area (TPSA) is 74.7 Å². The Bertz CT molecular complexity index is 1330. The maximum Gasteiger partial charge on any atom is 0.273 e. The molecule has 0 fully saturated rings. The van der Waals surface area contributed by atoms with Gasteiger partial charge in [0.2, 0.25) is 0 Å². The van der Waals surface area contributed by atoms with Gasteiger partial charge in [-0.05, 0) is 37.1 Å². The van der Waals surface area contributed by atoms with Crippen molar-refractivity contribution in [3.05, 3.63) is 111 Å². The first-order valence-electron chi connectivity index (χ1n) is 9.94. The molecule has 0 saturated carbocycles. The van der Waals surface area contributed by atoms with Gasteiger partial charge < -0.3 is 9.97 Å². The average molecular weight is 395 g/mol. The number of aryl methyl sites for hydroxylation is 2. The molecule has 148 valence electrons. The minimum Gasteiger partial charge on any atom is -0.357 e. The van der Waals surface area contributed by atoms with Crippen LogP contribution in [0.15, 0.2) is 72.8 Å². The summed E-state index contributed by atoms with van der Waals surface area (Å²) < 4.78 is 0. The zero-order chi connectivity index (χ0) is 20.8. The predicted octanol–water partition coefficient (Wildman–Crippen LogP) is 6.35. The van der Waals surface area contributed by atoms with E-state index in [0.29, 0.717) is 5.56 Å². The van der Waals surface area contributed by atoms with E-state index in [4.69, 9.17) is 0 Å². The lowest BCUT2D eigenvalue weighted by atomic mass is 9.87. The molecule has 2 heterocycles. The van der Waals surface area contributed by atoms with Crippen molar-refractivity contribution in [2.45, 2.75) is 19.8 Å². The number of H-pyrrole nitrogens is 2. The summed E-state index contributed by atoms with van der Waals surface area (Å²) in [6.07, 6.45) is 0. The van der Waals surface area contributed by atoms with Crippen LogP contribution in [0, 0.1) is 24.0 Å². The summed E-state index contributed by atoms with van der Waals surface area (Å²) in [6, 6.07) is 23.3. The van der Waals surface area contributed by atoms with Gasteiger partial charge in [-0.25, -0.2) is 0 Å². The van der Waals surface area contributed by atoms with Crippen molar-refractivity contribution in [3.8, 4) is 0 Å². The second kappa shape index (κ2) is 6.88. The van der Waals surface area contributed by atoms with Crippen LogP contribution in [0.2, 0.25) is 0 Å². The van der Waals surface area contributed by atoms with Gasteiger partial charge in [-0.3, -0.25) is 10.1 Å². The summed E-state index contributed by atoms with van der Waals surface area (Å²) in [5.74, 6) is -0.314. The Labute approximate surface area is 173 Å². The normalized spacial score (nSPS) is 11.6. The Kier molecular flexibility index (Phi) is 4.17. The number of rotatable bonds is 4. The minimum atomic E-state index is -0.314. The molecule has 0 aliphatic rings. The van der Waals surface area contributed by atoms with Crippen LogP contribution in [0.5, 0.6) is 0 Å². The Balaban J connectivity index is 1.86. The fraction of sp³-hybridized carbons (Fsp3) is 0.120. The lowest BCUT2D eigenvalue weighted by molar-refractivity contribution is -0.385. The number of aromatic amines is 2. The van der Waals surface area contributed by atoms with Crippen LogP contribution in [-0.4, -0.2) is 14.9 Å². The van der Waals surface area contributed by atoms with Crippen LogP contribution < -0.4 is 0 Å². The maximum absolute atomic E-state index is 11.9. The van der Waals surface area contributed by atoms with Gasteiger partial charge in [-0.15, -0.1) is 0 Å². The molecule has 2 N–H and O–H groups in total. The predicted molar refractivity (Wildman–Crippen MR) is 120 cm³/mol. The van der Waals surface area contributed by atoms with Crippen LogP contribution in [0.3, 0.4) is 0 Å². The van der Waals surface area contributed by atoms with Gasteiger partial charge in [0, 0.05) is 44.8 Å². The fourth-order valence-electron chi connectivity index (χ4n) is 4.54. The van der Waals surface area contributed by atoms with E-state index < -0.39 is 0 Å². The van der Waals surface area contributed by atoms with E-state index in [2.05, 4.69) is 35.9 Å². The molecule has 3 aromatic carbocycles. The molecular formula is C25H21N3O2. The Morgan fingerprint density at radius 2 is 1.20 bits per heavy atom. The lowest BCUT2D eigenvalue weighted by Crippen LogP contribution is -2.10. The van der Waals surface area contributed by atoms with Crippen LogP contribution in [-0.2, 0) is 0 Å². The number of nitrogens with one attached hydrogen (secondary N) is 2. The van der Waals surface area contributed by atoms with Crippen LogP contribution >= 0.6 is 0 Å². The van der Waals surface area contributed by atoms with Gasteiger partial charge in [0.1, 0.15) is 0 Å². The number of hydrogen-bond donors (Lipinski definition) is 2.